The standard InChI is InChI=1S/C9H10BrNOS/c1-6(10)5-11-9(12)8-4-3-7(2)13-8/h3-4H,1,5H2,2H3,(H,11,12). The maximum Gasteiger partial charge on any atom is 0.261 e. The molecule has 1 N–H and O–H groups in total. The summed E-state index contributed by atoms with van der Waals surface area (Å²) in [6.07, 6.45) is 0. The van der Waals surface area contributed by atoms with Crippen LogP contribution in [0.25, 0.3) is 0 Å². The summed E-state index contributed by atoms with van der Waals surface area (Å²) in [5.41, 5.74) is 0. The molecule has 0 radical (unpaired) electrons. The normalized spacial score (nSPS) is 9.69. The number of hydrogen-bond donors (Lipinski definition) is 1. The number of carbonyl (C=O) groups is 1. The van der Waals surface area contributed by atoms with E-state index >= 15 is 0 Å². The second kappa shape index (κ2) is 4.58. The van der Waals surface area contributed by atoms with Gasteiger partial charge < -0.3 is 5.32 Å². The summed E-state index contributed by atoms with van der Waals surface area (Å²) in [6.45, 7) is 6.08. The van der Waals surface area contributed by atoms with Crippen molar-refractivity contribution < 1.29 is 4.79 Å². The summed E-state index contributed by atoms with van der Waals surface area (Å²) in [5, 5.41) is 2.74. The second-order valence-corrected chi connectivity index (χ2v) is 5.02. The van der Waals surface area contributed by atoms with Crippen molar-refractivity contribution in [2.24, 2.45) is 0 Å². The highest BCUT2D eigenvalue weighted by molar-refractivity contribution is 9.11. The fourth-order valence-electron chi connectivity index (χ4n) is 0.820. The lowest BCUT2D eigenvalue weighted by Gasteiger charge is -2.00. The summed E-state index contributed by atoms with van der Waals surface area (Å²) >= 11 is 4.67. The molecule has 0 atom stereocenters. The molecular weight excluding hydrogens is 250 g/mol. The fraction of sp³-hybridized carbons (Fsp3) is 0.222. The average Bonchev–Trinajstić information content (AvgIpc) is 2.47. The van der Waals surface area contributed by atoms with Gasteiger partial charge >= 0.3 is 0 Å². The first-order chi connectivity index (χ1) is 6.09. The third-order valence-electron chi connectivity index (χ3n) is 1.40. The molecule has 0 aromatic carbocycles. The van der Waals surface area contributed by atoms with E-state index in [9.17, 15) is 4.79 Å². The van der Waals surface area contributed by atoms with E-state index in [1.165, 1.54) is 11.3 Å². The lowest BCUT2D eigenvalue weighted by atomic mass is 10.4. The molecule has 1 aromatic heterocycles. The molecule has 4 heteroatoms. The molecule has 1 rings (SSSR count). The summed E-state index contributed by atoms with van der Waals surface area (Å²) in [7, 11) is 0. The number of aryl methyl sites for hydroxylation is 1. The molecule has 1 amide bonds. The van der Waals surface area contributed by atoms with Gasteiger partial charge in [-0.25, -0.2) is 0 Å². The fourth-order valence-corrected chi connectivity index (χ4v) is 1.74. The first-order valence-corrected chi connectivity index (χ1v) is 5.38. The van der Waals surface area contributed by atoms with E-state index in [-0.39, 0.29) is 5.91 Å². The zero-order valence-corrected chi connectivity index (χ0v) is 9.67. The summed E-state index contributed by atoms with van der Waals surface area (Å²) in [4.78, 5) is 13.3. The number of carbonyl (C=O) groups excluding carboxylic acids is 1. The smallest absolute Gasteiger partial charge is 0.261 e. The van der Waals surface area contributed by atoms with E-state index in [1.54, 1.807) is 0 Å². The average molecular weight is 260 g/mol. The Bertz CT molecular complexity index is 332. The minimum atomic E-state index is -0.0429. The van der Waals surface area contributed by atoms with Crippen molar-refractivity contribution in [3.05, 3.63) is 32.9 Å². The van der Waals surface area contributed by atoms with Gasteiger partial charge in [-0.1, -0.05) is 22.5 Å². The van der Waals surface area contributed by atoms with Crippen molar-refractivity contribution in [1.29, 1.82) is 0 Å². The molecule has 70 valence electrons. The third-order valence-corrected chi connectivity index (χ3v) is 2.68. The molecule has 0 saturated carbocycles. The Morgan fingerprint density at radius 1 is 1.69 bits per heavy atom. The summed E-state index contributed by atoms with van der Waals surface area (Å²) in [6, 6.07) is 3.76. The number of rotatable bonds is 3. The van der Waals surface area contributed by atoms with Crippen LogP contribution in [0.15, 0.2) is 23.2 Å². The Hall–Kier alpha value is -0.610. The van der Waals surface area contributed by atoms with Gasteiger partial charge in [0.2, 0.25) is 0 Å². The van der Waals surface area contributed by atoms with E-state index in [1.807, 2.05) is 19.1 Å². The van der Waals surface area contributed by atoms with Crippen LogP contribution >= 0.6 is 27.3 Å². The van der Waals surface area contributed by atoms with E-state index in [0.29, 0.717) is 6.54 Å². The van der Waals surface area contributed by atoms with Gasteiger partial charge in [0, 0.05) is 15.9 Å². The van der Waals surface area contributed by atoms with E-state index < -0.39 is 0 Å². The topological polar surface area (TPSA) is 29.1 Å². The molecule has 13 heavy (non-hydrogen) atoms. The summed E-state index contributed by atoms with van der Waals surface area (Å²) < 4.78 is 0.772. The van der Waals surface area contributed by atoms with Crippen LogP contribution in [0.4, 0.5) is 0 Å². The lowest BCUT2D eigenvalue weighted by Crippen LogP contribution is -2.23. The Kier molecular flexibility index (Phi) is 3.69. The van der Waals surface area contributed by atoms with E-state index in [0.717, 1.165) is 14.2 Å². The van der Waals surface area contributed by atoms with E-state index in [2.05, 4.69) is 27.8 Å². The number of amides is 1. The number of halogens is 1. The zero-order valence-electron chi connectivity index (χ0n) is 7.26. The first kappa shape index (κ1) is 10.5. The van der Waals surface area contributed by atoms with Crippen LogP contribution in [0.5, 0.6) is 0 Å². The molecule has 0 aliphatic carbocycles. The number of thiophene rings is 1. The van der Waals surface area contributed by atoms with Gasteiger partial charge in [-0.2, -0.15) is 0 Å². The van der Waals surface area contributed by atoms with Gasteiger partial charge in [-0.15, -0.1) is 11.3 Å². The Morgan fingerprint density at radius 2 is 2.38 bits per heavy atom. The van der Waals surface area contributed by atoms with E-state index in [4.69, 9.17) is 0 Å². The maximum absolute atomic E-state index is 11.4. The van der Waals surface area contributed by atoms with Gasteiger partial charge in [0.25, 0.3) is 5.91 Å². The van der Waals surface area contributed by atoms with Gasteiger partial charge in [0.1, 0.15) is 0 Å². The monoisotopic (exact) mass is 259 g/mol. The molecule has 0 aliphatic heterocycles. The molecule has 2 nitrogen and oxygen atoms in total. The van der Waals surface area contributed by atoms with Crippen molar-refractivity contribution in [3.63, 3.8) is 0 Å². The molecule has 0 spiro atoms. The maximum atomic E-state index is 11.4. The molecule has 1 aromatic rings. The number of nitrogens with one attached hydrogen (secondary N) is 1. The van der Waals surface area contributed by atoms with Crippen molar-refractivity contribution in [3.8, 4) is 0 Å². The Labute approximate surface area is 89.8 Å². The van der Waals surface area contributed by atoms with Crippen LogP contribution in [0.2, 0.25) is 0 Å². The lowest BCUT2D eigenvalue weighted by molar-refractivity contribution is 0.0962. The SMILES string of the molecule is C=C(Br)CNC(=O)c1ccc(C)s1. The van der Waals surface area contributed by atoms with Crippen molar-refractivity contribution in [2.45, 2.75) is 6.92 Å². The van der Waals surface area contributed by atoms with Crippen LogP contribution in [0.1, 0.15) is 14.5 Å². The largest absolute Gasteiger partial charge is 0.347 e. The molecule has 0 bridgehead atoms. The minimum Gasteiger partial charge on any atom is -0.347 e. The zero-order chi connectivity index (χ0) is 9.84. The molecule has 0 saturated heterocycles. The van der Waals surface area contributed by atoms with Crippen LogP contribution in [-0.4, -0.2) is 12.5 Å². The van der Waals surface area contributed by atoms with Crippen LogP contribution in [0, 0.1) is 6.92 Å². The number of hydrogen-bond acceptors (Lipinski definition) is 2. The Balaban J connectivity index is 2.54. The second-order valence-electron chi connectivity index (χ2n) is 2.61. The minimum absolute atomic E-state index is 0.0429. The first-order valence-electron chi connectivity index (χ1n) is 3.77. The van der Waals surface area contributed by atoms with Gasteiger partial charge in [0.15, 0.2) is 0 Å². The van der Waals surface area contributed by atoms with Gasteiger partial charge in [-0.05, 0) is 19.1 Å². The van der Waals surface area contributed by atoms with Crippen LogP contribution < -0.4 is 5.32 Å². The molecule has 0 fully saturated rings. The van der Waals surface area contributed by atoms with Crippen molar-refractivity contribution in [1.82, 2.24) is 5.32 Å². The van der Waals surface area contributed by atoms with Crippen molar-refractivity contribution in [2.75, 3.05) is 6.54 Å². The highest BCUT2D eigenvalue weighted by Crippen LogP contribution is 2.14. The molecule has 1 heterocycles. The van der Waals surface area contributed by atoms with Crippen LogP contribution in [-0.2, 0) is 0 Å². The molecular formula is C9H10BrNOS. The highest BCUT2D eigenvalue weighted by atomic mass is 79.9. The Morgan fingerprint density at radius 3 is 2.85 bits per heavy atom. The van der Waals surface area contributed by atoms with Crippen molar-refractivity contribution >= 4 is 33.2 Å². The predicted octanol–water partition coefficient (Wildman–Crippen LogP) is 2.69. The predicted molar refractivity (Wildman–Crippen MR) is 59.5 cm³/mol. The third kappa shape index (κ3) is 3.32. The molecule has 0 aliphatic rings. The van der Waals surface area contributed by atoms with Crippen LogP contribution in [0.3, 0.4) is 0 Å². The molecule has 0 unspecified atom stereocenters. The summed E-state index contributed by atoms with van der Waals surface area (Å²) in [5.74, 6) is -0.0429. The highest BCUT2D eigenvalue weighted by Gasteiger charge is 2.06. The van der Waals surface area contributed by atoms with Gasteiger partial charge in [-0.3, -0.25) is 4.79 Å². The van der Waals surface area contributed by atoms with Gasteiger partial charge in [0.05, 0.1) is 4.88 Å². The quantitative estimate of drug-likeness (QED) is 0.889.